The molecule has 2 aromatic heterocycles. The van der Waals surface area contributed by atoms with E-state index >= 15 is 0 Å². The van der Waals surface area contributed by atoms with Crippen LogP contribution in [0.25, 0.3) is 17.1 Å². The highest BCUT2D eigenvalue weighted by molar-refractivity contribution is 6.01. The molecule has 33 heavy (non-hydrogen) atoms. The van der Waals surface area contributed by atoms with Crippen LogP contribution in [0.1, 0.15) is 24.1 Å². The van der Waals surface area contributed by atoms with E-state index < -0.39 is 0 Å². The lowest BCUT2D eigenvalue weighted by Crippen LogP contribution is -2.36. The minimum atomic E-state index is -0.241. The van der Waals surface area contributed by atoms with Crippen LogP contribution in [0.15, 0.2) is 64.9 Å². The van der Waals surface area contributed by atoms with Gasteiger partial charge in [0.15, 0.2) is 5.82 Å². The lowest BCUT2D eigenvalue weighted by molar-refractivity contribution is 0.122. The maximum atomic E-state index is 12.6. The minimum absolute atomic E-state index is 0.139. The maximum absolute atomic E-state index is 12.6. The molecule has 1 unspecified atom stereocenters. The summed E-state index contributed by atoms with van der Waals surface area (Å²) < 4.78 is 6.96. The number of hydrogen-bond acceptors (Lipinski definition) is 8. The molecule has 1 atom stereocenters. The Morgan fingerprint density at radius 1 is 1.21 bits per heavy atom. The van der Waals surface area contributed by atoms with E-state index in [1.54, 1.807) is 24.1 Å². The highest BCUT2D eigenvalue weighted by Gasteiger charge is 2.17. The van der Waals surface area contributed by atoms with Crippen molar-refractivity contribution in [1.82, 2.24) is 19.7 Å². The summed E-state index contributed by atoms with van der Waals surface area (Å²) in [5.74, 6) is 0.391. The molecule has 0 spiro atoms. The van der Waals surface area contributed by atoms with E-state index in [0.29, 0.717) is 30.4 Å². The van der Waals surface area contributed by atoms with Gasteiger partial charge in [-0.1, -0.05) is 25.1 Å². The summed E-state index contributed by atoms with van der Waals surface area (Å²) in [5, 5.41) is 4.52. The Morgan fingerprint density at radius 3 is 2.67 bits per heavy atom. The standard InChI is InChI=1S/C24H27N7O2/c1-17(23-22(32)6-7-31(29-23)20(13-25)14-26-2)18-4-3-5-19(12-18)24-27-15-21(16-28-24)30-8-10-33-11-9-30/h3-7,12-17H,8-11,25H2,1-2H3. The SMILES string of the molecule is CN=CC(=CN)n1ccc(=O)c(C(C)c2cccc(-c3ncc(N4CCOCC4)cn3)c2)n1. The molecule has 1 aromatic carbocycles. The molecule has 1 saturated heterocycles. The third-order valence-electron chi connectivity index (χ3n) is 5.60. The average molecular weight is 446 g/mol. The number of benzene rings is 1. The van der Waals surface area contributed by atoms with Gasteiger partial charge in [-0.15, -0.1) is 0 Å². The monoisotopic (exact) mass is 445 g/mol. The molecule has 4 rings (SSSR count). The van der Waals surface area contributed by atoms with Crippen molar-refractivity contribution in [2.24, 2.45) is 10.7 Å². The molecule has 1 aliphatic rings. The van der Waals surface area contributed by atoms with E-state index in [9.17, 15) is 4.79 Å². The Morgan fingerprint density at radius 2 is 1.97 bits per heavy atom. The molecule has 0 amide bonds. The van der Waals surface area contributed by atoms with Crippen LogP contribution in [0.4, 0.5) is 5.69 Å². The molecule has 1 fully saturated rings. The zero-order valence-electron chi connectivity index (χ0n) is 18.8. The maximum Gasteiger partial charge on any atom is 0.203 e. The van der Waals surface area contributed by atoms with Gasteiger partial charge in [-0.2, -0.15) is 5.10 Å². The van der Waals surface area contributed by atoms with Crippen molar-refractivity contribution in [3.63, 3.8) is 0 Å². The van der Waals surface area contributed by atoms with Gasteiger partial charge in [-0.25, -0.2) is 14.6 Å². The van der Waals surface area contributed by atoms with Crippen molar-refractivity contribution < 1.29 is 4.74 Å². The Hall–Kier alpha value is -3.85. The zero-order valence-corrected chi connectivity index (χ0v) is 18.8. The van der Waals surface area contributed by atoms with Crippen molar-refractivity contribution in [1.29, 1.82) is 0 Å². The second-order valence-electron chi connectivity index (χ2n) is 7.70. The summed E-state index contributed by atoms with van der Waals surface area (Å²) in [6.45, 7) is 5.05. The average Bonchev–Trinajstić information content (AvgIpc) is 2.88. The number of rotatable bonds is 6. The smallest absolute Gasteiger partial charge is 0.203 e. The van der Waals surface area contributed by atoms with Crippen molar-refractivity contribution in [2.45, 2.75) is 12.8 Å². The second kappa shape index (κ2) is 10.2. The fraction of sp³-hybridized carbons (Fsp3) is 0.292. The predicted octanol–water partition coefficient (Wildman–Crippen LogP) is 2.15. The van der Waals surface area contributed by atoms with E-state index in [4.69, 9.17) is 10.5 Å². The predicted molar refractivity (Wildman–Crippen MR) is 129 cm³/mol. The van der Waals surface area contributed by atoms with Crippen molar-refractivity contribution >= 4 is 17.6 Å². The van der Waals surface area contributed by atoms with Crippen LogP contribution in [-0.4, -0.2) is 59.3 Å². The Balaban J connectivity index is 1.61. The number of aliphatic imine (C=N–C) groups is 1. The highest BCUT2D eigenvalue weighted by Crippen LogP contribution is 2.25. The number of nitrogens with two attached hydrogens (primary N) is 1. The summed E-state index contributed by atoms with van der Waals surface area (Å²) in [4.78, 5) is 27.9. The molecule has 0 radical (unpaired) electrons. The molecule has 0 bridgehead atoms. The first-order valence-electron chi connectivity index (χ1n) is 10.8. The third-order valence-corrected chi connectivity index (χ3v) is 5.60. The summed E-state index contributed by atoms with van der Waals surface area (Å²) in [7, 11) is 1.65. The summed E-state index contributed by atoms with van der Waals surface area (Å²) in [6, 6.07) is 9.37. The number of allylic oxidation sites excluding steroid dienone is 1. The molecule has 1 aliphatic heterocycles. The molecule has 3 aromatic rings. The van der Waals surface area contributed by atoms with E-state index in [-0.39, 0.29) is 11.3 Å². The lowest BCUT2D eigenvalue weighted by atomic mass is 9.95. The van der Waals surface area contributed by atoms with Crippen LogP contribution >= 0.6 is 0 Å². The van der Waals surface area contributed by atoms with Crippen molar-refractivity contribution in [3.8, 4) is 11.4 Å². The van der Waals surface area contributed by atoms with E-state index in [1.807, 2.05) is 43.6 Å². The molecule has 0 saturated carbocycles. The molecular weight excluding hydrogens is 418 g/mol. The Bertz CT molecular complexity index is 1210. The topological polar surface area (TPSA) is 112 Å². The zero-order chi connectivity index (χ0) is 23.2. The Labute approximate surface area is 192 Å². The van der Waals surface area contributed by atoms with Gasteiger partial charge >= 0.3 is 0 Å². The van der Waals surface area contributed by atoms with Gasteiger partial charge in [0.25, 0.3) is 0 Å². The fourth-order valence-corrected chi connectivity index (χ4v) is 3.74. The summed E-state index contributed by atoms with van der Waals surface area (Å²) >= 11 is 0. The van der Waals surface area contributed by atoms with Gasteiger partial charge in [0.1, 0.15) is 5.69 Å². The molecule has 170 valence electrons. The van der Waals surface area contributed by atoms with E-state index in [0.717, 1.165) is 29.9 Å². The summed E-state index contributed by atoms with van der Waals surface area (Å²) in [6.07, 6.45) is 8.26. The molecule has 0 aliphatic carbocycles. The number of nitrogens with zero attached hydrogens (tertiary/aromatic N) is 6. The van der Waals surface area contributed by atoms with Crippen LogP contribution in [0, 0.1) is 0 Å². The third kappa shape index (κ3) is 4.98. The first-order chi connectivity index (χ1) is 16.1. The molecular formula is C24H27N7O2. The van der Waals surface area contributed by atoms with E-state index in [2.05, 4.69) is 25.0 Å². The molecule has 9 heteroatoms. The van der Waals surface area contributed by atoms with Gasteiger partial charge < -0.3 is 15.4 Å². The fourth-order valence-electron chi connectivity index (χ4n) is 3.74. The van der Waals surface area contributed by atoms with E-state index in [1.165, 1.54) is 12.3 Å². The first-order valence-corrected chi connectivity index (χ1v) is 10.8. The number of aromatic nitrogens is 4. The Kier molecular flexibility index (Phi) is 6.89. The van der Waals surface area contributed by atoms with Crippen molar-refractivity contribution in [2.75, 3.05) is 38.3 Å². The van der Waals surface area contributed by atoms with Crippen molar-refractivity contribution in [3.05, 3.63) is 76.6 Å². The van der Waals surface area contributed by atoms with Crippen LogP contribution < -0.4 is 16.1 Å². The van der Waals surface area contributed by atoms with Crippen LogP contribution in [0.2, 0.25) is 0 Å². The largest absolute Gasteiger partial charge is 0.403 e. The van der Waals surface area contributed by atoms with Gasteiger partial charge in [0.05, 0.1) is 37.0 Å². The number of anilines is 1. The quantitative estimate of drug-likeness (QED) is 0.579. The van der Waals surface area contributed by atoms with Crippen LogP contribution in [0.3, 0.4) is 0 Å². The summed E-state index contributed by atoms with van der Waals surface area (Å²) in [5.41, 5.74) is 9.36. The first kappa shape index (κ1) is 22.3. The molecule has 9 nitrogen and oxygen atoms in total. The van der Waals surface area contributed by atoms with Gasteiger partial charge in [0, 0.05) is 56.3 Å². The minimum Gasteiger partial charge on any atom is -0.403 e. The van der Waals surface area contributed by atoms with Gasteiger partial charge in [-0.3, -0.25) is 9.79 Å². The second-order valence-corrected chi connectivity index (χ2v) is 7.70. The van der Waals surface area contributed by atoms with Crippen LogP contribution in [0.5, 0.6) is 0 Å². The highest BCUT2D eigenvalue weighted by atomic mass is 16.5. The van der Waals surface area contributed by atoms with Gasteiger partial charge in [-0.05, 0) is 11.6 Å². The molecule has 2 N–H and O–H groups in total. The number of hydrogen-bond donors (Lipinski definition) is 1. The normalized spacial score (nSPS) is 15.7. The number of morpholine rings is 1. The van der Waals surface area contributed by atoms with Gasteiger partial charge in [0.2, 0.25) is 5.43 Å². The van der Waals surface area contributed by atoms with Crippen LogP contribution in [-0.2, 0) is 4.74 Å². The number of ether oxygens (including phenoxy) is 1. The molecule has 3 heterocycles. The lowest BCUT2D eigenvalue weighted by Gasteiger charge is -2.28.